The average molecular weight is 297 g/mol. The van der Waals surface area contributed by atoms with E-state index in [0.29, 0.717) is 24.6 Å². The van der Waals surface area contributed by atoms with E-state index in [-0.39, 0.29) is 10.5 Å². The van der Waals surface area contributed by atoms with Gasteiger partial charge >= 0.3 is 5.97 Å². The number of nitrogens with zero attached hydrogens (tertiary/aromatic N) is 1. The molecule has 1 aromatic rings. The van der Waals surface area contributed by atoms with Crippen molar-refractivity contribution >= 4 is 16.0 Å². The van der Waals surface area contributed by atoms with Crippen LogP contribution in [0.1, 0.15) is 35.7 Å². The summed E-state index contributed by atoms with van der Waals surface area (Å²) in [4.78, 5) is 11.1. The molecule has 1 aliphatic rings. The van der Waals surface area contributed by atoms with E-state index in [1.807, 2.05) is 6.92 Å². The van der Waals surface area contributed by atoms with Crippen LogP contribution in [0.15, 0.2) is 23.1 Å². The zero-order chi connectivity index (χ0) is 14.9. The minimum Gasteiger partial charge on any atom is -0.478 e. The SMILES string of the molecule is Cc1ccc(C(=O)O)cc1S(=O)(=O)N1CCCC(C)C1. The molecule has 1 aromatic carbocycles. The highest BCUT2D eigenvalue weighted by Gasteiger charge is 2.30. The molecule has 0 saturated carbocycles. The van der Waals surface area contributed by atoms with E-state index >= 15 is 0 Å². The lowest BCUT2D eigenvalue weighted by Gasteiger charge is -2.30. The van der Waals surface area contributed by atoms with Crippen molar-refractivity contribution in [2.75, 3.05) is 13.1 Å². The summed E-state index contributed by atoms with van der Waals surface area (Å²) in [5, 5.41) is 9.01. The van der Waals surface area contributed by atoms with E-state index < -0.39 is 16.0 Å². The smallest absolute Gasteiger partial charge is 0.335 e. The fraction of sp³-hybridized carbons (Fsp3) is 0.500. The molecule has 20 heavy (non-hydrogen) atoms. The van der Waals surface area contributed by atoms with Crippen LogP contribution in [-0.2, 0) is 10.0 Å². The third-order valence-electron chi connectivity index (χ3n) is 3.67. The maximum Gasteiger partial charge on any atom is 0.335 e. The maximum atomic E-state index is 12.7. The van der Waals surface area contributed by atoms with Gasteiger partial charge in [0.15, 0.2) is 0 Å². The highest BCUT2D eigenvalue weighted by atomic mass is 32.2. The topological polar surface area (TPSA) is 74.7 Å². The van der Waals surface area contributed by atoms with Crippen LogP contribution in [0.3, 0.4) is 0 Å². The highest BCUT2D eigenvalue weighted by molar-refractivity contribution is 7.89. The molecule has 1 fully saturated rings. The van der Waals surface area contributed by atoms with Crippen molar-refractivity contribution in [1.29, 1.82) is 0 Å². The summed E-state index contributed by atoms with van der Waals surface area (Å²) >= 11 is 0. The Kier molecular flexibility index (Phi) is 4.15. The van der Waals surface area contributed by atoms with Crippen LogP contribution in [-0.4, -0.2) is 36.9 Å². The summed E-state index contributed by atoms with van der Waals surface area (Å²) in [5.41, 5.74) is 0.576. The van der Waals surface area contributed by atoms with Gasteiger partial charge in [-0.25, -0.2) is 13.2 Å². The van der Waals surface area contributed by atoms with Crippen LogP contribution in [0.2, 0.25) is 0 Å². The molecule has 2 rings (SSSR count). The molecule has 0 amide bonds. The Morgan fingerprint density at radius 3 is 2.70 bits per heavy atom. The Morgan fingerprint density at radius 2 is 2.10 bits per heavy atom. The van der Waals surface area contributed by atoms with Crippen molar-refractivity contribution in [3.05, 3.63) is 29.3 Å². The fourth-order valence-electron chi connectivity index (χ4n) is 2.51. The van der Waals surface area contributed by atoms with E-state index in [4.69, 9.17) is 5.11 Å². The van der Waals surface area contributed by atoms with Crippen molar-refractivity contribution in [1.82, 2.24) is 4.31 Å². The number of carboxylic acid groups (broad SMARTS) is 1. The Balaban J connectivity index is 2.43. The highest BCUT2D eigenvalue weighted by Crippen LogP contribution is 2.26. The number of aromatic carboxylic acids is 1. The summed E-state index contributed by atoms with van der Waals surface area (Å²) in [6.07, 6.45) is 1.87. The minimum atomic E-state index is -3.61. The van der Waals surface area contributed by atoms with Crippen molar-refractivity contribution in [3.63, 3.8) is 0 Å². The van der Waals surface area contributed by atoms with Crippen molar-refractivity contribution in [2.24, 2.45) is 5.92 Å². The predicted octanol–water partition coefficient (Wildman–Crippen LogP) is 2.11. The van der Waals surface area contributed by atoms with Gasteiger partial charge in [0.1, 0.15) is 0 Å². The number of hydrogen-bond donors (Lipinski definition) is 1. The number of carbonyl (C=O) groups is 1. The Bertz CT molecular complexity index is 624. The van der Waals surface area contributed by atoms with Gasteiger partial charge in [-0.15, -0.1) is 0 Å². The molecule has 110 valence electrons. The standard InChI is InChI=1S/C14H19NO4S/c1-10-4-3-7-15(9-10)20(18,19)13-8-12(14(16)17)6-5-11(13)2/h5-6,8,10H,3-4,7,9H2,1-2H3,(H,16,17). The molecule has 1 atom stereocenters. The summed E-state index contributed by atoms with van der Waals surface area (Å²) in [7, 11) is -3.61. The second-order valence-corrected chi connectivity index (χ2v) is 7.30. The lowest BCUT2D eigenvalue weighted by atomic mass is 10.0. The van der Waals surface area contributed by atoms with Gasteiger partial charge in [-0.2, -0.15) is 4.31 Å². The number of rotatable bonds is 3. The van der Waals surface area contributed by atoms with Crippen LogP contribution in [0.5, 0.6) is 0 Å². The predicted molar refractivity (Wildman–Crippen MR) is 75.3 cm³/mol. The fourth-order valence-corrected chi connectivity index (χ4v) is 4.36. The Labute approximate surface area is 119 Å². The molecule has 0 bridgehead atoms. The van der Waals surface area contributed by atoms with Gasteiger partial charge in [0, 0.05) is 13.1 Å². The summed E-state index contributed by atoms with van der Waals surface area (Å²) in [6.45, 7) is 4.72. The number of aryl methyl sites for hydroxylation is 1. The van der Waals surface area contributed by atoms with Crippen LogP contribution in [0.4, 0.5) is 0 Å². The monoisotopic (exact) mass is 297 g/mol. The van der Waals surface area contributed by atoms with Gasteiger partial charge in [0.2, 0.25) is 10.0 Å². The van der Waals surface area contributed by atoms with E-state index in [9.17, 15) is 13.2 Å². The van der Waals surface area contributed by atoms with Crippen molar-refractivity contribution < 1.29 is 18.3 Å². The van der Waals surface area contributed by atoms with Gasteiger partial charge in [-0.05, 0) is 43.4 Å². The van der Waals surface area contributed by atoms with Gasteiger partial charge < -0.3 is 5.11 Å². The van der Waals surface area contributed by atoms with Gasteiger partial charge in [-0.3, -0.25) is 0 Å². The first-order valence-corrected chi connectivity index (χ1v) is 8.10. The normalized spacial score (nSPS) is 20.8. The van der Waals surface area contributed by atoms with E-state index in [0.717, 1.165) is 12.8 Å². The Hall–Kier alpha value is -1.40. The maximum absolute atomic E-state index is 12.7. The third-order valence-corrected chi connectivity index (χ3v) is 5.68. The number of carboxylic acids is 1. The molecule has 0 aromatic heterocycles. The molecule has 0 aliphatic carbocycles. The Morgan fingerprint density at radius 1 is 1.40 bits per heavy atom. The summed E-state index contributed by atoms with van der Waals surface area (Å²) < 4.78 is 26.8. The van der Waals surface area contributed by atoms with E-state index in [2.05, 4.69) is 0 Å². The average Bonchev–Trinajstić information content (AvgIpc) is 2.38. The number of piperidine rings is 1. The molecule has 6 heteroatoms. The first-order chi connectivity index (χ1) is 9.32. The molecule has 1 unspecified atom stereocenters. The van der Waals surface area contributed by atoms with Crippen LogP contribution in [0.25, 0.3) is 0 Å². The molecule has 1 heterocycles. The van der Waals surface area contributed by atoms with Crippen LogP contribution >= 0.6 is 0 Å². The molecule has 0 spiro atoms. The first kappa shape index (κ1) is 15.0. The lowest BCUT2D eigenvalue weighted by molar-refractivity contribution is 0.0696. The largest absolute Gasteiger partial charge is 0.478 e. The molecular weight excluding hydrogens is 278 g/mol. The van der Waals surface area contributed by atoms with E-state index in [1.54, 1.807) is 13.0 Å². The minimum absolute atomic E-state index is 0.000710. The quantitative estimate of drug-likeness (QED) is 0.927. The third kappa shape index (κ3) is 2.86. The summed E-state index contributed by atoms with van der Waals surface area (Å²) in [5.74, 6) is -0.782. The zero-order valence-electron chi connectivity index (χ0n) is 11.7. The van der Waals surface area contributed by atoms with Crippen LogP contribution < -0.4 is 0 Å². The second kappa shape index (κ2) is 5.54. The van der Waals surface area contributed by atoms with Gasteiger partial charge in [0.05, 0.1) is 10.5 Å². The van der Waals surface area contributed by atoms with Crippen molar-refractivity contribution in [3.8, 4) is 0 Å². The zero-order valence-corrected chi connectivity index (χ0v) is 12.5. The molecule has 1 saturated heterocycles. The molecular formula is C14H19NO4S. The molecule has 5 nitrogen and oxygen atoms in total. The second-order valence-electron chi connectivity index (χ2n) is 5.40. The molecule has 1 aliphatic heterocycles. The first-order valence-electron chi connectivity index (χ1n) is 6.66. The number of hydrogen-bond acceptors (Lipinski definition) is 3. The molecule has 0 radical (unpaired) electrons. The summed E-state index contributed by atoms with van der Waals surface area (Å²) in [6, 6.07) is 4.23. The number of sulfonamides is 1. The van der Waals surface area contributed by atoms with Gasteiger partial charge in [-0.1, -0.05) is 13.0 Å². The van der Waals surface area contributed by atoms with Crippen molar-refractivity contribution in [2.45, 2.75) is 31.6 Å². The van der Waals surface area contributed by atoms with Gasteiger partial charge in [0.25, 0.3) is 0 Å². The van der Waals surface area contributed by atoms with Crippen LogP contribution in [0, 0.1) is 12.8 Å². The van der Waals surface area contributed by atoms with E-state index in [1.165, 1.54) is 16.4 Å². The number of benzene rings is 1. The molecule has 1 N–H and O–H groups in total. The lowest BCUT2D eigenvalue weighted by Crippen LogP contribution is -2.39.